The Morgan fingerprint density at radius 1 is 1.03 bits per heavy atom. The topological polar surface area (TPSA) is 64.4 Å². The minimum absolute atomic E-state index is 0.114. The minimum atomic E-state index is -0.530. The first kappa shape index (κ1) is 24.5. The molecule has 0 aliphatic rings. The van der Waals surface area contributed by atoms with E-state index in [-0.39, 0.29) is 11.5 Å². The Balaban J connectivity index is 1.74. The number of benzene rings is 3. The first-order chi connectivity index (χ1) is 18.0. The van der Waals surface area contributed by atoms with E-state index in [1.807, 2.05) is 98.1 Å². The zero-order valence-electron chi connectivity index (χ0n) is 20.9. The van der Waals surface area contributed by atoms with Gasteiger partial charge >= 0.3 is 0 Å². The smallest absolute Gasteiger partial charge is 0.266 e. The van der Waals surface area contributed by atoms with Gasteiger partial charge < -0.3 is 9.64 Å². The first-order valence-electron chi connectivity index (χ1n) is 12.0. The normalized spacial score (nSPS) is 11.9. The number of hydrogen-bond acceptors (Lipinski definition) is 5. The SMILES string of the molecule is COc1ccc(C)cc1-n1c(C(C)N(Cc2ccccc2)C(=O)c2cccs2)nc2ccccc2c1=O. The van der Waals surface area contributed by atoms with Crippen LogP contribution in [-0.4, -0.2) is 27.5 Å². The van der Waals surface area contributed by atoms with Crippen molar-refractivity contribution in [2.75, 3.05) is 7.11 Å². The number of methoxy groups -OCH3 is 1. The van der Waals surface area contributed by atoms with Gasteiger partial charge in [-0.1, -0.05) is 54.6 Å². The van der Waals surface area contributed by atoms with E-state index < -0.39 is 6.04 Å². The quantitative estimate of drug-likeness (QED) is 0.263. The highest BCUT2D eigenvalue weighted by Crippen LogP contribution is 2.30. The van der Waals surface area contributed by atoms with Crippen molar-refractivity contribution < 1.29 is 9.53 Å². The summed E-state index contributed by atoms with van der Waals surface area (Å²) in [6, 6.07) is 26.0. The lowest BCUT2D eigenvalue weighted by molar-refractivity contribution is 0.0669. The summed E-state index contributed by atoms with van der Waals surface area (Å²) in [5.41, 5.74) is 2.93. The van der Waals surface area contributed by atoms with Crippen LogP contribution in [0.4, 0.5) is 0 Å². The Bertz CT molecular complexity index is 1610. The second-order valence-corrected chi connectivity index (χ2v) is 9.82. The van der Waals surface area contributed by atoms with Crippen LogP contribution in [0.5, 0.6) is 5.75 Å². The average molecular weight is 510 g/mol. The molecule has 5 rings (SSSR count). The fourth-order valence-corrected chi connectivity index (χ4v) is 5.16. The molecule has 6 nitrogen and oxygen atoms in total. The fraction of sp³-hybridized carbons (Fsp3) is 0.167. The van der Waals surface area contributed by atoms with E-state index in [0.717, 1.165) is 11.1 Å². The van der Waals surface area contributed by atoms with Crippen molar-refractivity contribution in [2.45, 2.75) is 26.4 Å². The van der Waals surface area contributed by atoms with Gasteiger partial charge in [0.15, 0.2) is 0 Å². The molecule has 0 radical (unpaired) electrons. The summed E-state index contributed by atoms with van der Waals surface area (Å²) in [7, 11) is 1.58. The molecule has 0 fully saturated rings. The number of thiophene rings is 1. The average Bonchev–Trinajstić information content (AvgIpc) is 3.47. The van der Waals surface area contributed by atoms with Crippen LogP contribution in [0.15, 0.2) is 95.1 Å². The Morgan fingerprint density at radius 3 is 2.51 bits per heavy atom. The number of carbonyl (C=O) groups is 1. The van der Waals surface area contributed by atoms with Gasteiger partial charge in [-0.15, -0.1) is 11.3 Å². The number of carbonyl (C=O) groups excluding carboxylic acids is 1. The Labute approximate surface area is 219 Å². The van der Waals surface area contributed by atoms with Crippen molar-refractivity contribution in [3.8, 4) is 11.4 Å². The molecule has 5 aromatic rings. The molecule has 1 amide bonds. The second-order valence-electron chi connectivity index (χ2n) is 8.87. The van der Waals surface area contributed by atoms with Gasteiger partial charge in [0.1, 0.15) is 11.6 Å². The zero-order valence-corrected chi connectivity index (χ0v) is 21.7. The number of fused-ring (bicyclic) bond motifs is 1. The van der Waals surface area contributed by atoms with E-state index in [4.69, 9.17) is 9.72 Å². The molecule has 0 aliphatic heterocycles. The maximum absolute atomic E-state index is 14.0. The van der Waals surface area contributed by atoms with Crippen LogP contribution in [0.25, 0.3) is 16.6 Å². The zero-order chi connectivity index (χ0) is 25.9. The minimum Gasteiger partial charge on any atom is -0.495 e. The summed E-state index contributed by atoms with van der Waals surface area (Å²) >= 11 is 1.40. The van der Waals surface area contributed by atoms with E-state index in [1.165, 1.54) is 11.3 Å². The van der Waals surface area contributed by atoms with Crippen molar-refractivity contribution in [1.29, 1.82) is 0 Å². The highest BCUT2D eigenvalue weighted by Gasteiger charge is 2.29. The van der Waals surface area contributed by atoms with Crippen molar-refractivity contribution >= 4 is 28.1 Å². The van der Waals surface area contributed by atoms with E-state index in [9.17, 15) is 9.59 Å². The van der Waals surface area contributed by atoms with Crippen LogP contribution in [-0.2, 0) is 6.54 Å². The lowest BCUT2D eigenvalue weighted by Crippen LogP contribution is -2.37. The van der Waals surface area contributed by atoms with Gasteiger partial charge in [-0.05, 0) is 60.7 Å². The summed E-state index contributed by atoms with van der Waals surface area (Å²) in [5, 5.41) is 2.39. The summed E-state index contributed by atoms with van der Waals surface area (Å²) in [5.74, 6) is 0.905. The Kier molecular flexibility index (Phi) is 6.88. The maximum Gasteiger partial charge on any atom is 0.266 e. The van der Waals surface area contributed by atoms with Gasteiger partial charge in [-0.2, -0.15) is 0 Å². The molecule has 0 saturated heterocycles. The van der Waals surface area contributed by atoms with Crippen LogP contribution in [0.1, 0.15) is 39.6 Å². The van der Waals surface area contributed by atoms with E-state index in [2.05, 4.69) is 0 Å². The van der Waals surface area contributed by atoms with Gasteiger partial charge in [0.05, 0.1) is 34.6 Å². The first-order valence-corrected chi connectivity index (χ1v) is 12.9. The fourth-order valence-electron chi connectivity index (χ4n) is 4.48. The third kappa shape index (κ3) is 4.78. The van der Waals surface area contributed by atoms with E-state index >= 15 is 0 Å². The molecular formula is C30H27N3O3S. The number of para-hydroxylation sites is 1. The maximum atomic E-state index is 14.0. The van der Waals surface area contributed by atoms with Crippen molar-refractivity contribution in [3.63, 3.8) is 0 Å². The second kappa shape index (κ2) is 10.4. The number of aromatic nitrogens is 2. The number of amides is 1. The number of aryl methyl sites for hydroxylation is 1. The molecule has 186 valence electrons. The molecule has 1 unspecified atom stereocenters. The largest absolute Gasteiger partial charge is 0.495 e. The van der Waals surface area contributed by atoms with E-state index in [0.29, 0.717) is 39.6 Å². The van der Waals surface area contributed by atoms with Crippen LogP contribution in [0.3, 0.4) is 0 Å². The van der Waals surface area contributed by atoms with Crippen molar-refractivity contribution in [2.24, 2.45) is 0 Å². The third-order valence-electron chi connectivity index (χ3n) is 6.41. The molecular weight excluding hydrogens is 482 g/mol. The monoisotopic (exact) mass is 509 g/mol. The number of rotatable bonds is 7. The summed E-state index contributed by atoms with van der Waals surface area (Å²) in [6.45, 7) is 4.25. The molecule has 0 spiro atoms. The predicted octanol–water partition coefficient (Wildman–Crippen LogP) is 6.17. The van der Waals surface area contributed by atoms with Crippen LogP contribution < -0.4 is 10.3 Å². The number of nitrogens with zero attached hydrogens (tertiary/aromatic N) is 3. The standard InChI is InChI=1S/C30H27N3O3S/c1-20-15-16-26(36-3)25(18-20)33-28(31-24-13-8-7-12-23(24)29(33)34)21(2)32(19-22-10-5-4-6-11-22)30(35)27-14-9-17-37-27/h4-18,21H,19H2,1-3H3. The lowest BCUT2D eigenvalue weighted by Gasteiger charge is -2.30. The number of ether oxygens (including phenoxy) is 1. The molecule has 0 saturated carbocycles. The lowest BCUT2D eigenvalue weighted by atomic mass is 10.1. The van der Waals surface area contributed by atoms with Crippen LogP contribution in [0.2, 0.25) is 0 Å². The van der Waals surface area contributed by atoms with Gasteiger partial charge in [0, 0.05) is 6.54 Å². The van der Waals surface area contributed by atoms with Gasteiger partial charge in [0.2, 0.25) is 0 Å². The molecule has 2 heterocycles. The Morgan fingerprint density at radius 2 is 1.78 bits per heavy atom. The van der Waals surface area contributed by atoms with Crippen molar-refractivity contribution in [3.05, 3.63) is 122 Å². The third-order valence-corrected chi connectivity index (χ3v) is 7.26. The Hall–Kier alpha value is -4.23. The van der Waals surface area contributed by atoms with Crippen LogP contribution in [0, 0.1) is 6.92 Å². The summed E-state index contributed by atoms with van der Waals surface area (Å²) in [6.07, 6.45) is 0. The molecule has 2 aromatic heterocycles. The molecule has 0 bridgehead atoms. The molecule has 0 aliphatic carbocycles. The van der Waals surface area contributed by atoms with Gasteiger partial charge in [0.25, 0.3) is 11.5 Å². The molecule has 3 aromatic carbocycles. The van der Waals surface area contributed by atoms with Gasteiger partial charge in [-0.3, -0.25) is 14.2 Å². The summed E-state index contributed by atoms with van der Waals surface area (Å²) < 4.78 is 7.25. The molecule has 7 heteroatoms. The summed E-state index contributed by atoms with van der Waals surface area (Å²) in [4.78, 5) is 35.1. The molecule has 37 heavy (non-hydrogen) atoms. The highest BCUT2D eigenvalue weighted by molar-refractivity contribution is 7.12. The van der Waals surface area contributed by atoms with E-state index in [1.54, 1.807) is 22.6 Å². The number of hydrogen-bond donors (Lipinski definition) is 0. The molecule has 0 N–H and O–H groups in total. The van der Waals surface area contributed by atoms with Crippen molar-refractivity contribution in [1.82, 2.24) is 14.5 Å². The van der Waals surface area contributed by atoms with Gasteiger partial charge in [-0.25, -0.2) is 4.98 Å². The highest BCUT2D eigenvalue weighted by atomic mass is 32.1. The van der Waals surface area contributed by atoms with Crippen LogP contribution >= 0.6 is 11.3 Å². The molecule has 1 atom stereocenters. The predicted molar refractivity (Wildman–Crippen MR) is 148 cm³/mol.